The van der Waals surface area contributed by atoms with Gasteiger partial charge in [-0.15, -0.1) is 0 Å². The first-order valence-corrected chi connectivity index (χ1v) is 11.2. The molecule has 0 radical (unpaired) electrons. The van der Waals surface area contributed by atoms with E-state index in [1.807, 2.05) is 38.1 Å². The second-order valence-electron chi connectivity index (χ2n) is 8.04. The van der Waals surface area contributed by atoms with E-state index in [-0.39, 0.29) is 23.9 Å². The van der Waals surface area contributed by atoms with Crippen LogP contribution < -0.4 is 5.32 Å². The predicted octanol–water partition coefficient (Wildman–Crippen LogP) is 3.55. The molecule has 0 saturated carbocycles. The van der Waals surface area contributed by atoms with Gasteiger partial charge in [-0.05, 0) is 49.9 Å². The van der Waals surface area contributed by atoms with Gasteiger partial charge in [-0.3, -0.25) is 4.79 Å². The highest BCUT2D eigenvalue weighted by molar-refractivity contribution is 7.89. The van der Waals surface area contributed by atoms with E-state index in [1.165, 1.54) is 16.4 Å². The Morgan fingerprint density at radius 3 is 2.34 bits per heavy atom. The van der Waals surface area contributed by atoms with Gasteiger partial charge in [-0.1, -0.05) is 42.8 Å². The normalized spacial score (nSPS) is 17.1. The smallest absolute Gasteiger partial charge is 0.243 e. The summed E-state index contributed by atoms with van der Waals surface area (Å²) in [5.74, 6) is -0.649. The van der Waals surface area contributed by atoms with Crippen molar-refractivity contribution in [2.24, 2.45) is 5.41 Å². The summed E-state index contributed by atoms with van der Waals surface area (Å²) >= 11 is 0. The molecule has 5 nitrogen and oxygen atoms in total. The number of aryl methyl sites for hydroxylation is 2. The first-order valence-electron chi connectivity index (χ1n) is 9.72. The minimum absolute atomic E-state index is 0.00933. The summed E-state index contributed by atoms with van der Waals surface area (Å²) in [4.78, 5) is 12.7. The Hall–Kier alpha value is -2.25. The van der Waals surface area contributed by atoms with E-state index < -0.39 is 21.3 Å². The number of rotatable bonds is 5. The zero-order chi connectivity index (χ0) is 21.2. The molecule has 1 aliphatic rings. The van der Waals surface area contributed by atoms with E-state index >= 15 is 0 Å². The Balaban J connectivity index is 1.64. The molecule has 1 amide bonds. The van der Waals surface area contributed by atoms with Crippen LogP contribution in [0.3, 0.4) is 0 Å². The number of hydrogen-bond donors (Lipinski definition) is 1. The molecule has 1 fully saturated rings. The Bertz CT molecular complexity index is 995. The quantitative estimate of drug-likeness (QED) is 0.808. The third kappa shape index (κ3) is 4.67. The molecule has 2 aromatic carbocycles. The van der Waals surface area contributed by atoms with Gasteiger partial charge in [0.1, 0.15) is 5.82 Å². The zero-order valence-electron chi connectivity index (χ0n) is 17.0. The number of hydrogen-bond acceptors (Lipinski definition) is 3. The summed E-state index contributed by atoms with van der Waals surface area (Å²) in [5, 5.41) is 2.97. The van der Waals surface area contributed by atoms with Crippen molar-refractivity contribution in [3.8, 4) is 0 Å². The number of carbonyl (C=O) groups excluding carboxylic acids is 1. The minimum Gasteiger partial charge on any atom is -0.352 e. The molecule has 1 saturated heterocycles. The van der Waals surface area contributed by atoms with E-state index in [2.05, 4.69) is 5.32 Å². The number of halogens is 1. The van der Waals surface area contributed by atoms with Gasteiger partial charge in [0.2, 0.25) is 15.9 Å². The summed E-state index contributed by atoms with van der Waals surface area (Å²) in [7, 11) is -3.79. The lowest BCUT2D eigenvalue weighted by Crippen LogP contribution is -2.48. The van der Waals surface area contributed by atoms with Gasteiger partial charge in [0.25, 0.3) is 0 Å². The summed E-state index contributed by atoms with van der Waals surface area (Å²) < 4.78 is 40.8. The molecule has 2 aromatic rings. The van der Waals surface area contributed by atoms with Gasteiger partial charge in [-0.25, -0.2) is 12.8 Å². The number of amides is 1. The fourth-order valence-electron chi connectivity index (χ4n) is 3.54. The summed E-state index contributed by atoms with van der Waals surface area (Å²) in [6.07, 6.45) is 0.834. The van der Waals surface area contributed by atoms with Crippen LogP contribution in [0.2, 0.25) is 0 Å². The van der Waals surface area contributed by atoms with Gasteiger partial charge in [0.05, 0.1) is 4.90 Å². The van der Waals surface area contributed by atoms with E-state index in [0.29, 0.717) is 24.9 Å². The fourth-order valence-corrected chi connectivity index (χ4v) is 5.22. The summed E-state index contributed by atoms with van der Waals surface area (Å²) in [6.45, 7) is 6.43. The van der Waals surface area contributed by atoms with Crippen molar-refractivity contribution in [1.29, 1.82) is 0 Å². The van der Waals surface area contributed by atoms with Crippen LogP contribution in [0.25, 0.3) is 0 Å². The first-order chi connectivity index (χ1) is 13.6. The van der Waals surface area contributed by atoms with Crippen molar-refractivity contribution >= 4 is 15.9 Å². The number of sulfonamides is 1. The van der Waals surface area contributed by atoms with Crippen LogP contribution in [0.15, 0.2) is 47.4 Å². The van der Waals surface area contributed by atoms with Crippen molar-refractivity contribution < 1.29 is 17.6 Å². The third-order valence-corrected chi connectivity index (χ3v) is 7.76. The summed E-state index contributed by atoms with van der Waals surface area (Å²) in [6, 6.07) is 11.7. The van der Waals surface area contributed by atoms with Crippen LogP contribution in [-0.4, -0.2) is 31.7 Å². The monoisotopic (exact) mass is 418 g/mol. The van der Waals surface area contributed by atoms with Crippen LogP contribution in [-0.2, 0) is 21.4 Å². The predicted molar refractivity (Wildman–Crippen MR) is 110 cm³/mol. The maximum Gasteiger partial charge on any atom is 0.243 e. The minimum atomic E-state index is -3.79. The Morgan fingerprint density at radius 1 is 1.10 bits per heavy atom. The molecule has 0 unspecified atom stereocenters. The highest BCUT2D eigenvalue weighted by atomic mass is 32.2. The van der Waals surface area contributed by atoms with Gasteiger partial charge >= 0.3 is 0 Å². The van der Waals surface area contributed by atoms with E-state index in [4.69, 9.17) is 0 Å². The molecule has 0 atom stereocenters. The Labute approximate surface area is 172 Å². The van der Waals surface area contributed by atoms with Crippen LogP contribution >= 0.6 is 0 Å². The molecule has 3 rings (SSSR count). The van der Waals surface area contributed by atoms with Crippen LogP contribution in [0.1, 0.15) is 36.5 Å². The standard InChI is InChI=1S/C22H27FN2O3S/c1-16-4-7-18(8-5-16)15-24-21(26)22(3)10-12-25(13-11-22)29(27,28)20-14-19(23)9-6-17(20)2/h4-9,14H,10-13,15H2,1-3H3,(H,24,26). The SMILES string of the molecule is Cc1ccc(CNC(=O)C2(C)CCN(S(=O)(=O)c3cc(F)ccc3C)CC2)cc1. The highest BCUT2D eigenvalue weighted by Crippen LogP contribution is 2.34. The maximum absolute atomic E-state index is 13.6. The second kappa shape index (κ2) is 8.24. The fraction of sp³-hybridized carbons (Fsp3) is 0.409. The van der Waals surface area contributed by atoms with E-state index in [1.54, 1.807) is 6.92 Å². The number of nitrogens with one attached hydrogen (secondary N) is 1. The first kappa shape index (κ1) is 21.5. The third-order valence-electron chi connectivity index (χ3n) is 5.72. The van der Waals surface area contributed by atoms with Crippen LogP contribution in [0, 0.1) is 25.1 Å². The molecule has 0 aliphatic carbocycles. The largest absolute Gasteiger partial charge is 0.352 e. The molecule has 1 heterocycles. The Kier molecular flexibility index (Phi) is 6.10. The number of carbonyl (C=O) groups is 1. The lowest BCUT2D eigenvalue weighted by Gasteiger charge is -2.37. The average Bonchev–Trinajstić information content (AvgIpc) is 2.69. The Morgan fingerprint density at radius 2 is 1.72 bits per heavy atom. The van der Waals surface area contributed by atoms with Gasteiger partial charge in [0.15, 0.2) is 0 Å². The average molecular weight is 419 g/mol. The van der Waals surface area contributed by atoms with E-state index in [0.717, 1.165) is 17.2 Å². The van der Waals surface area contributed by atoms with Gasteiger partial charge < -0.3 is 5.32 Å². The molecule has 156 valence electrons. The van der Waals surface area contributed by atoms with Crippen LogP contribution in [0.4, 0.5) is 4.39 Å². The number of benzene rings is 2. The lowest BCUT2D eigenvalue weighted by atomic mass is 9.80. The summed E-state index contributed by atoms with van der Waals surface area (Å²) in [5.41, 5.74) is 2.06. The topological polar surface area (TPSA) is 66.5 Å². The van der Waals surface area contributed by atoms with Crippen molar-refractivity contribution in [3.05, 3.63) is 65.0 Å². The molecule has 1 aliphatic heterocycles. The number of piperidine rings is 1. The lowest BCUT2D eigenvalue weighted by molar-refractivity contribution is -0.132. The maximum atomic E-state index is 13.6. The van der Waals surface area contributed by atoms with Crippen molar-refractivity contribution in [1.82, 2.24) is 9.62 Å². The van der Waals surface area contributed by atoms with Crippen molar-refractivity contribution in [3.63, 3.8) is 0 Å². The molecule has 0 bridgehead atoms. The molecular weight excluding hydrogens is 391 g/mol. The molecule has 29 heavy (non-hydrogen) atoms. The molecule has 0 aromatic heterocycles. The zero-order valence-corrected chi connectivity index (χ0v) is 17.9. The number of nitrogens with zero attached hydrogens (tertiary/aromatic N) is 1. The second-order valence-corrected chi connectivity index (χ2v) is 9.95. The highest BCUT2D eigenvalue weighted by Gasteiger charge is 2.40. The molecular formula is C22H27FN2O3S. The van der Waals surface area contributed by atoms with Crippen molar-refractivity contribution in [2.75, 3.05) is 13.1 Å². The van der Waals surface area contributed by atoms with E-state index in [9.17, 15) is 17.6 Å². The van der Waals surface area contributed by atoms with Crippen LogP contribution in [0.5, 0.6) is 0 Å². The molecule has 7 heteroatoms. The molecule has 1 N–H and O–H groups in total. The van der Waals surface area contributed by atoms with Gasteiger partial charge in [0, 0.05) is 25.0 Å². The van der Waals surface area contributed by atoms with Crippen molar-refractivity contribution in [2.45, 2.75) is 45.1 Å². The van der Waals surface area contributed by atoms with Gasteiger partial charge in [-0.2, -0.15) is 4.31 Å². The molecule has 0 spiro atoms.